The Balaban J connectivity index is 2.54. The summed E-state index contributed by atoms with van der Waals surface area (Å²) in [4.78, 5) is 0. The third-order valence-electron chi connectivity index (χ3n) is 3.61. The van der Waals surface area contributed by atoms with Gasteiger partial charge < -0.3 is 22.2 Å². The average molecular weight is 282 g/mol. The van der Waals surface area contributed by atoms with E-state index in [2.05, 4.69) is 5.32 Å². The van der Waals surface area contributed by atoms with Gasteiger partial charge in [-0.3, -0.25) is 0 Å². The van der Waals surface area contributed by atoms with E-state index in [4.69, 9.17) is 16.9 Å². The zero-order chi connectivity index (χ0) is 15.6. The second-order valence-corrected chi connectivity index (χ2v) is 5.68. The molecular formula is C17H22N4. The van der Waals surface area contributed by atoms with Crippen molar-refractivity contribution in [3.8, 4) is 11.1 Å². The zero-order valence-corrected chi connectivity index (χ0v) is 12.7. The molecule has 0 aliphatic carbocycles. The van der Waals surface area contributed by atoms with Gasteiger partial charge in [0.05, 0.1) is 5.69 Å². The lowest BCUT2D eigenvalue weighted by molar-refractivity contribution is 0.554. The largest absolute Gasteiger partial charge is 0.398 e. The molecule has 4 nitrogen and oxygen atoms in total. The number of nitrogens with one attached hydrogen (secondary N) is 2. The molecule has 0 saturated heterocycles. The van der Waals surface area contributed by atoms with Gasteiger partial charge in [-0.1, -0.05) is 30.3 Å². The Kier molecular flexibility index (Phi) is 4.00. The monoisotopic (exact) mass is 282 g/mol. The Morgan fingerprint density at radius 2 is 1.71 bits per heavy atom. The SMILES string of the molecule is CNc1c(-c2ccc(C(C)(C)N)cc2)ccc(N)c1C=N. The fourth-order valence-electron chi connectivity index (χ4n) is 2.38. The van der Waals surface area contributed by atoms with Crippen molar-refractivity contribution in [3.63, 3.8) is 0 Å². The number of rotatable bonds is 4. The van der Waals surface area contributed by atoms with Crippen LogP contribution in [-0.2, 0) is 5.54 Å². The number of benzene rings is 2. The summed E-state index contributed by atoms with van der Waals surface area (Å²) in [6.07, 6.45) is 1.28. The second kappa shape index (κ2) is 5.58. The molecule has 0 amide bonds. The molecule has 0 aliphatic heterocycles. The van der Waals surface area contributed by atoms with Crippen molar-refractivity contribution < 1.29 is 0 Å². The molecule has 0 saturated carbocycles. The first-order chi connectivity index (χ1) is 9.88. The van der Waals surface area contributed by atoms with Gasteiger partial charge in [-0.05, 0) is 31.0 Å². The van der Waals surface area contributed by atoms with Crippen LogP contribution in [0.25, 0.3) is 11.1 Å². The normalized spacial score (nSPS) is 11.2. The minimum absolute atomic E-state index is 0.356. The van der Waals surface area contributed by atoms with Crippen LogP contribution in [0.2, 0.25) is 0 Å². The van der Waals surface area contributed by atoms with Gasteiger partial charge >= 0.3 is 0 Å². The smallest absolute Gasteiger partial charge is 0.0527 e. The molecule has 0 bridgehead atoms. The van der Waals surface area contributed by atoms with Gasteiger partial charge in [0.2, 0.25) is 0 Å². The molecule has 0 radical (unpaired) electrons. The third-order valence-corrected chi connectivity index (χ3v) is 3.61. The molecule has 0 spiro atoms. The first-order valence-corrected chi connectivity index (χ1v) is 6.89. The van der Waals surface area contributed by atoms with Gasteiger partial charge in [0.15, 0.2) is 0 Å². The van der Waals surface area contributed by atoms with E-state index in [1.807, 2.05) is 57.3 Å². The summed E-state index contributed by atoms with van der Waals surface area (Å²) in [5.74, 6) is 0. The maximum Gasteiger partial charge on any atom is 0.0527 e. The number of hydrogen-bond acceptors (Lipinski definition) is 4. The van der Waals surface area contributed by atoms with Gasteiger partial charge in [0, 0.05) is 35.6 Å². The Hall–Kier alpha value is -2.33. The maximum atomic E-state index is 7.54. The van der Waals surface area contributed by atoms with E-state index in [0.29, 0.717) is 11.3 Å². The lowest BCUT2D eigenvalue weighted by atomic mass is 9.92. The van der Waals surface area contributed by atoms with Crippen molar-refractivity contribution in [3.05, 3.63) is 47.5 Å². The number of nitrogens with two attached hydrogens (primary N) is 2. The Morgan fingerprint density at radius 1 is 1.10 bits per heavy atom. The molecule has 21 heavy (non-hydrogen) atoms. The van der Waals surface area contributed by atoms with Crippen LogP contribution in [0.1, 0.15) is 25.0 Å². The highest BCUT2D eigenvalue weighted by Crippen LogP contribution is 2.34. The standard InChI is InChI=1S/C17H22N4/c1-17(2,20)12-6-4-11(5-7-12)13-8-9-15(19)14(10-18)16(13)21-3/h4-10,18,21H,19-20H2,1-3H3. The van der Waals surface area contributed by atoms with Crippen molar-refractivity contribution in [1.29, 1.82) is 5.41 Å². The van der Waals surface area contributed by atoms with Gasteiger partial charge in [-0.15, -0.1) is 0 Å². The lowest BCUT2D eigenvalue weighted by Gasteiger charge is -2.20. The molecule has 0 aromatic heterocycles. The molecule has 110 valence electrons. The molecular weight excluding hydrogens is 260 g/mol. The molecule has 0 unspecified atom stereocenters. The predicted molar refractivity (Wildman–Crippen MR) is 90.9 cm³/mol. The summed E-state index contributed by atoms with van der Waals surface area (Å²) in [6.45, 7) is 3.97. The van der Waals surface area contributed by atoms with Crippen LogP contribution in [-0.4, -0.2) is 13.3 Å². The third kappa shape index (κ3) is 2.90. The first-order valence-electron chi connectivity index (χ1n) is 6.89. The van der Waals surface area contributed by atoms with Gasteiger partial charge in [0.1, 0.15) is 0 Å². The number of hydrogen-bond donors (Lipinski definition) is 4. The van der Waals surface area contributed by atoms with Crippen molar-refractivity contribution in [2.75, 3.05) is 18.1 Å². The molecule has 0 aliphatic rings. The first kappa shape index (κ1) is 15.1. The van der Waals surface area contributed by atoms with Crippen LogP contribution in [0.4, 0.5) is 11.4 Å². The highest BCUT2D eigenvalue weighted by atomic mass is 14.8. The molecule has 2 aromatic carbocycles. The summed E-state index contributed by atoms with van der Waals surface area (Å²) >= 11 is 0. The molecule has 2 rings (SSSR count). The van der Waals surface area contributed by atoms with Crippen LogP contribution in [0.3, 0.4) is 0 Å². The fraction of sp³-hybridized carbons (Fsp3) is 0.235. The predicted octanol–water partition coefficient (Wildman–Crippen LogP) is 3.17. The highest BCUT2D eigenvalue weighted by Gasteiger charge is 2.15. The summed E-state index contributed by atoms with van der Waals surface area (Å²) < 4.78 is 0. The minimum Gasteiger partial charge on any atom is -0.398 e. The van der Waals surface area contributed by atoms with Crippen LogP contribution < -0.4 is 16.8 Å². The van der Waals surface area contributed by atoms with Crippen molar-refractivity contribution in [2.45, 2.75) is 19.4 Å². The van der Waals surface area contributed by atoms with E-state index in [1.165, 1.54) is 6.21 Å². The quantitative estimate of drug-likeness (QED) is 0.513. The van der Waals surface area contributed by atoms with E-state index in [-0.39, 0.29) is 5.54 Å². The van der Waals surface area contributed by atoms with E-state index >= 15 is 0 Å². The van der Waals surface area contributed by atoms with Crippen molar-refractivity contribution in [2.24, 2.45) is 5.73 Å². The van der Waals surface area contributed by atoms with Gasteiger partial charge in [-0.2, -0.15) is 0 Å². The van der Waals surface area contributed by atoms with E-state index in [9.17, 15) is 0 Å². The Morgan fingerprint density at radius 3 is 2.19 bits per heavy atom. The van der Waals surface area contributed by atoms with E-state index < -0.39 is 0 Å². The van der Waals surface area contributed by atoms with E-state index in [0.717, 1.165) is 22.4 Å². The Bertz CT molecular complexity index is 652. The lowest BCUT2D eigenvalue weighted by Crippen LogP contribution is -2.28. The van der Waals surface area contributed by atoms with Crippen molar-refractivity contribution in [1.82, 2.24) is 0 Å². The topological polar surface area (TPSA) is 87.9 Å². The summed E-state index contributed by atoms with van der Waals surface area (Å²) in [5, 5.41) is 10.7. The zero-order valence-electron chi connectivity index (χ0n) is 12.7. The molecule has 0 fully saturated rings. The molecule has 6 N–H and O–H groups in total. The summed E-state index contributed by atoms with van der Waals surface area (Å²) in [5.41, 5.74) is 17.0. The van der Waals surface area contributed by atoms with Crippen LogP contribution in [0.15, 0.2) is 36.4 Å². The van der Waals surface area contributed by atoms with Crippen LogP contribution in [0, 0.1) is 5.41 Å². The summed E-state index contributed by atoms with van der Waals surface area (Å²) in [6, 6.07) is 12.0. The second-order valence-electron chi connectivity index (χ2n) is 5.68. The molecule has 2 aromatic rings. The van der Waals surface area contributed by atoms with E-state index in [1.54, 1.807) is 0 Å². The molecule has 0 heterocycles. The fourth-order valence-corrected chi connectivity index (χ4v) is 2.38. The minimum atomic E-state index is -0.356. The number of anilines is 2. The highest BCUT2D eigenvalue weighted by molar-refractivity contribution is 5.98. The van der Waals surface area contributed by atoms with Gasteiger partial charge in [0.25, 0.3) is 0 Å². The molecule has 4 heteroatoms. The van der Waals surface area contributed by atoms with Gasteiger partial charge in [-0.25, -0.2) is 0 Å². The van der Waals surface area contributed by atoms with Crippen molar-refractivity contribution >= 4 is 17.6 Å². The number of nitrogen functional groups attached to an aromatic ring is 1. The van der Waals surface area contributed by atoms with Crippen LogP contribution in [0.5, 0.6) is 0 Å². The maximum absolute atomic E-state index is 7.54. The van der Waals surface area contributed by atoms with Crippen LogP contribution >= 0.6 is 0 Å². The average Bonchev–Trinajstić information content (AvgIpc) is 2.46. The Labute approximate surface area is 125 Å². The summed E-state index contributed by atoms with van der Waals surface area (Å²) in [7, 11) is 1.84. The molecule has 0 atom stereocenters.